The number of nitrogens with one attached hydrogen (secondary N) is 1. The Bertz CT molecular complexity index is 1050. The van der Waals surface area contributed by atoms with E-state index in [0.717, 1.165) is 17.0 Å². The molecule has 9 heteroatoms. The average molecular weight is 397 g/mol. The summed E-state index contributed by atoms with van der Waals surface area (Å²) in [4.78, 5) is 22.9. The smallest absolute Gasteiger partial charge is 0.274 e. The highest BCUT2D eigenvalue weighted by Crippen LogP contribution is 2.27. The number of benzene rings is 2. The highest BCUT2D eigenvalue weighted by Gasteiger charge is 2.17. The lowest BCUT2D eigenvalue weighted by Gasteiger charge is -2.09. The number of thioether (sulfide) groups is 1. The van der Waals surface area contributed by atoms with Gasteiger partial charge in [0.1, 0.15) is 0 Å². The van der Waals surface area contributed by atoms with E-state index in [9.17, 15) is 14.9 Å². The molecule has 0 unspecified atom stereocenters. The van der Waals surface area contributed by atoms with Crippen LogP contribution in [0.5, 0.6) is 0 Å². The van der Waals surface area contributed by atoms with Gasteiger partial charge in [0.15, 0.2) is 11.0 Å². The van der Waals surface area contributed by atoms with Gasteiger partial charge < -0.3 is 9.88 Å². The molecule has 0 aliphatic heterocycles. The van der Waals surface area contributed by atoms with Crippen LogP contribution in [-0.4, -0.2) is 31.3 Å². The summed E-state index contributed by atoms with van der Waals surface area (Å²) in [6.45, 7) is 3.61. The first-order valence-electron chi connectivity index (χ1n) is 8.50. The first-order valence-corrected chi connectivity index (χ1v) is 9.49. The summed E-state index contributed by atoms with van der Waals surface area (Å²) >= 11 is 1.26. The van der Waals surface area contributed by atoms with Crippen molar-refractivity contribution in [2.45, 2.75) is 19.0 Å². The maximum atomic E-state index is 12.3. The summed E-state index contributed by atoms with van der Waals surface area (Å²) in [5, 5.41) is 22.8. The molecule has 3 aromatic rings. The summed E-state index contributed by atoms with van der Waals surface area (Å²) in [6.07, 6.45) is 0. The molecular weight excluding hydrogens is 378 g/mol. The zero-order chi connectivity index (χ0) is 20.3. The Morgan fingerprint density at radius 2 is 1.93 bits per heavy atom. The molecule has 0 bridgehead atoms. The first kappa shape index (κ1) is 19.6. The van der Waals surface area contributed by atoms with Crippen molar-refractivity contribution < 1.29 is 9.72 Å². The predicted molar refractivity (Wildman–Crippen MR) is 108 cm³/mol. The van der Waals surface area contributed by atoms with Gasteiger partial charge in [0.2, 0.25) is 5.91 Å². The van der Waals surface area contributed by atoms with Gasteiger partial charge >= 0.3 is 0 Å². The van der Waals surface area contributed by atoms with Crippen LogP contribution >= 0.6 is 11.8 Å². The third kappa shape index (κ3) is 4.04. The van der Waals surface area contributed by atoms with Crippen molar-refractivity contribution >= 4 is 29.0 Å². The molecule has 1 aromatic heterocycles. The summed E-state index contributed by atoms with van der Waals surface area (Å²) < 4.78 is 1.85. The van der Waals surface area contributed by atoms with Crippen LogP contribution in [0.2, 0.25) is 0 Å². The predicted octanol–water partition coefficient (Wildman–Crippen LogP) is 3.74. The van der Waals surface area contributed by atoms with E-state index in [1.807, 2.05) is 42.8 Å². The minimum atomic E-state index is -0.466. The van der Waals surface area contributed by atoms with Crippen LogP contribution in [0.3, 0.4) is 0 Å². The Morgan fingerprint density at radius 1 is 1.18 bits per heavy atom. The van der Waals surface area contributed by atoms with Crippen LogP contribution in [0, 0.1) is 24.0 Å². The van der Waals surface area contributed by atoms with E-state index in [1.54, 1.807) is 19.1 Å². The Balaban J connectivity index is 1.69. The van der Waals surface area contributed by atoms with Gasteiger partial charge in [-0.05, 0) is 25.5 Å². The van der Waals surface area contributed by atoms with Crippen molar-refractivity contribution in [3.05, 3.63) is 63.7 Å². The number of amides is 1. The minimum Gasteiger partial charge on any atom is -0.325 e. The number of nitrogens with zero attached hydrogens (tertiary/aromatic N) is 4. The fourth-order valence-corrected chi connectivity index (χ4v) is 3.48. The van der Waals surface area contributed by atoms with Crippen LogP contribution in [0.15, 0.2) is 47.6 Å². The molecule has 0 atom stereocenters. The fourth-order valence-electron chi connectivity index (χ4n) is 2.77. The van der Waals surface area contributed by atoms with E-state index in [-0.39, 0.29) is 17.3 Å². The number of rotatable bonds is 6. The van der Waals surface area contributed by atoms with Crippen molar-refractivity contribution in [3.63, 3.8) is 0 Å². The molecule has 144 valence electrons. The number of hydrogen-bond donors (Lipinski definition) is 1. The van der Waals surface area contributed by atoms with Crippen molar-refractivity contribution in [3.8, 4) is 11.4 Å². The van der Waals surface area contributed by atoms with Crippen molar-refractivity contribution in [2.24, 2.45) is 7.05 Å². The number of carbonyl (C=O) groups is 1. The highest BCUT2D eigenvalue weighted by molar-refractivity contribution is 7.99. The summed E-state index contributed by atoms with van der Waals surface area (Å²) in [5.74, 6) is 0.576. The summed E-state index contributed by atoms with van der Waals surface area (Å²) in [5.41, 5.74) is 2.90. The second kappa shape index (κ2) is 8.22. The number of nitro benzene ring substituents is 1. The molecule has 0 saturated carbocycles. The van der Waals surface area contributed by atoms with Crippen LogP contribution in [-0.2, 0) is 11.8 Å². The van der Waals surface area contributed by atoms with Crippen LogP contribution in [0.1, 0.15) is 11.1 Å². The molecule has 0 saturated heterocycles. The highest BCUT2D eigenvalue weighted by atomic mass is 32.2. The number of hydrogen-bond acceptors (Lipinski definition) is 6. The number of aryl methyl sites for hydroxylation is 1. The third-order valence-electron chi connectivity index (χ3n) is 4.33. The number of nitro groups is 1. The second-order valence-electron chi connectivity index (χ2n) is 6.22. The Kier molecular flexibility index (Phi) is 5.74. The van der Waals surface area contributed by atoms with E-state index < -0.39 is 4.92 Å². The van der Waals surface area contributed by atoms with Gasteiger partial charge in [0, 0.05) is 18.7 Å². The van der Waals surface area contributed by atoms with Crippen molar-refractivity contribution in [1.82, 2.24) is 14.8 Å². The van der Waals surface area contributed by atoms with Gasteiger partial charge in [0.05, 0.1) is 21.9 Å². The topological polar surface area (TPSA) is 103 Å². The molecule has 0 aliphatic rings. The molecule has 1 heterocycles. The lowest BCUT2D eigenvalue weighted by atomic mass is 10.1. The first-order chi connectivity index (χ1) is 13.4. The normalized spacial score (nSPS) is 10.7. The SMILES string of the molecule is Cc1ccccc1-c1nnc(SCC(=O)Nc2cccc([N+](=O)[O-])c2C)n1C. The largest absolute Gasteiger partial charge is 0.325 e. The van der Waals surface area contributed by atoms with Gasteiger partial charge in [-0.3, -0.25) is 14.9 Å². The molecule has 8 nitrogen and oxygen atoms in total. The van der Waals surface area contributed by atoms with Crippen LogP contribution in [0.25, 0.3) is 11.4 Å². The monoisotopic (exact) mass is 397 g/mol. The van der Waals surface area contributed by atoms with Crippen molar-refractivity contribution in [2.75, 3.05) is 11.1 Å². The Hall–Kier alpha value is -3.20. The van der Waals surface area contributed by atoms with E-state index in [0.29, 0.717) is 16.4 Å². The summed E-state index contributed by atoms with van der Waals surface area (Å²) in [6, 6.07) is 12.5. The van der Waals surface area contributed by atoms with E-state index in [4.69, 9.17) is 0 Å². The van der Waals surface area contributed by atoms with Crippen molar-refractivity contribution in [1.29, 1.82) is 0 Å². The van der Waals surface area contributed by atoms with E-state index in [2.05, 4.69) is 15.5 Å². The van der Waals surface area contributed by atoms with Gasteiger partial charge in [-0.25, -0.2) is 0 Å². The molecule has 1 N–H and O–H groups in total. The zero-order valence-electron chi connectivity index (χ0n) is 15.7. The molecule has 1 amide bonds. The van der Waals surface area contributed by atoms with E-state index >= 15 is 0 Å². The molecule has 3 rings (SSSR count). The van der Waals surface area contributed by atoms with Gasteiger partial charge in [-0.15, -0.1) is 10.2 Å². The van der Waals surface area contributed by atoms with Crippen LogP contribution < -0.4 is 5.32 Å². The van der Waals surface area contributed by atoms with Gasteiger partial charge in [-0.1, -0.05) is 42.1 Å². The zero-order valence-corrected chi connectivity index (χ0v) is 16.5. The number of carbonyl (C=O) groups excluding carboxylic acids is 1. The second-order valence-corrected chi connectivity index (χ2v) is 7.17. The number of anilines is 1. The molecule has 28 heavy (non-hydrogen) atoms. The van der Waals surface area contributed by atoms with E-state index in [1.165, 1.54) is 17.8 Å². The molecule has 2 aromatic carbocycles. The number of aromatic nitrogens is 3. The quantitative estimate of drug-likeness (QED) is 0.386. The molecule has 0 aliphatic carbocycles. The van der Waals surface area contributed by atoms with Gasteiger partial charge in [0.25, 0.3) is 5.69 Å². The Morgan fingerprint density at radius 3 is 2.64 bits per heavy atom. The molecule has 0 fully saturated rings. The average Bonchev–Trinajstić information content (AvgIpc) is 3.02. The Labute approximate surface area is 166 Å². The summed E-state index contributed by atoms with van der Waals surface area (Å²) in [7, 11) is 1.85. The van der Waals surface area contributed by atoms with Gasteiger partial charge in [-0.2, -0.15) is 0 Å². The lowest BCUT2D eigenvalue weighted by Crippen LogP contribution is -2.15. The maximum Gasteiger partial charge on any atom is 0.274 e. The molecule has 0 spiro atoms. The molecular formula is C19H19N5O3S. The standard InChI is InChI=1S/C19H19N5O3S/c1-12-7-4-5-8-14(12)18-21-22-19(23(18)3)28-11-17(25)20-15-9-6-10-16(13(15)2)24(26)27/h4-10H,11H2,1-3H3,(H,20,25). The minimum absolute atomic E-state index is 0.0263. The molecule has 0 radical (unpaired) electrons. The lowest BCUT2D eigenvalue weighted by molar-refractivity contribution is -0.385. The maximum absolute atomic E-state index is 12.3. The fraction of sp³-hybridized carbons (Fsp3) is 0.211. The third-order valence-corrected chi connectivity index (χ3v) is 5.35. The van der Waals surface area contributed by atoms with Crippen LogP contribution in [0.4, 0.5) is 11.4 Å².